The van der Waals surface area contributed by atoms with Gasteiger partial charge in [0.25, 0.3) is 0 Å². The van der Waals surface area contributed by atoms with E-state index in [0.717, 1.165) is 25.7 Å². The van der Waals surface area contributed by atoms with Crippen molar-refractivity contribution in [3.8, 4) is 0 Å². The zero-order valence-corrected chi connectivity index (χ0v) is 9.95. The molecule has 2 aliphatic rings. The van der Waals surface area contributed by atoms with Crippen LogP contribution in [0.2, 0.25) is 0 Å². The van der Waals surface area contributed by atoms with Gasteiger partial charge >= 0.3 is 0 Å². The second kappa shape index (κ2) is 5.47. The molecule has 1 heterocycles. The lowest BCUT2D eigenvalue weighted by molar-refractivity contribution is -0.148. The lowest BCUT2D eigenvalue weighted by Crippen LogP contribution is -2.61. The molecule has 0 aromatic rings. The normalized spacial score (nSPS) is 27.1. The Morgan fingerprint density at radius 1 is 1.24 bits per heavy atom. The minimum absolute atomic E-state index is 0.0159. The van der Waals surface area contributed by atoms with Gasteiger partial charge in [-0.15, -0.1) is 0 Å². The van der Waals surface area contributed by atoms with Crippen LogP contribution in [-0.4, -0.2) is 42.5 Å². The van der Waals surface area contributed by atoms with E-state index in [0.29, 0.717) is 0 Å². The Morgan fingerprint density at radius 2 is 1.94 bits per heavy atom. The summed E-state index contributed by atoms with van der Waals surface area (Å²) in [5.41, 5.74) is 0. The Morgan fingerprint density at radius 3 is 2.59 bits per heavy atom. The molecule has 1 atom stereocenters. The SMILES string of the molecule is O=C1NCC(=O)N(CCF)C1C1CCCCC1. The van der Waals surface area contributed by atoms with Gasteiger partial charge in [0.05, 0.1) is 6.54 Å². The van der Waals surface area contributed by atoms with Crippen molar-refractivity contribution in [3.63, 3.8) is 0 Å². The Labute approximate surface area is 101 Å². The topological polar surface area (TPSA) is 49.4 Å². The van der Waals surface area contributed by atoms with Gasteiger partial charge in [-0.3, -0.25) is 9.59 Å². The fourth-order valence-corrected chi connectivity index (χ4v) is 2.94. The average Bonchev–Trinajstić information content (AvgIpc) is 2.35. The number of halogens is 1. The fraction of sp³-hybridized carbons (Fsp3) is 0.833. The number of nitrogens with zero attached hydrogens (tertiary/aromatic N) is 1. The van der Waals surface area contributed by atoms with Crippen LogP contribution < -0.4 is 5.32 Å². The molecule has 0 radical (unpaired) electrons. The van der Waals surface area contributed by atoms with Crippen LogP contribution in [0.5, 0.6) is 0 Å². The zero-order chi connectivity index (χ0) is 12.3. The molecule has 1 N–H and O–H groups in total. The Balaban J connectivity index is 2.12. The number of carbonyl (C=O) groups excluding carboxylic acids is 2. The van der Waals surface area contributed by atoms with Crippen molar-refractivity contribution in [2.45, 2.75) is 38.1 Å². The zero-order valence-electron chi connectivity index (χ0n) is 9.95. The van der Waals surface area contributed by atoms with Gasteiger partial charge in [-0.05, 0) is 18.8 Å². The third-order valence-corrected chi connectivity index (χ3v) is 3.76. The summed E-state index contributed by atoms with van der Waals surface area (Å²) in [6.45, 7) is -0.516. The molecular weight excluding hydrogens is 223 g/mol. The maximum absolute atomic E-state index is 12.5. The Hall–Kier alpha value is -1.13. The Bertz CT molecular complexity index is 303. The molecule has 0 bridgehead atoms. The average molecular weight is 242 g/mol. The lowest BCUT2D eigenvalue weighted by Gasteiger charge is -2.40. The first-order valence-corrected chi connectivity index (χ1v) is 6.37. The van der Waals surface area contributed by atoms with Gasteiger partial charge in [0.15, 0.2) is 0 Å². The van der Waals surface area contributed by atoms with Gasteiger partial charge < -0.3 is 10.2 Å². The van der Waals surface area contributed by atoms with E-state index in [4.69, 9.17) is 0 Å². The number of piperazine rings is 1. The molecule has 1 aliphatic carbocycles. The number of carbonyl (C=O) groups is 2. The van der Waals surface area contributed by atoms with Crippen molar-refractivity contribution in [2.24, 2.45) is 5.92 Å². The smallest absolute Gasteiger partial charge is 0.243 e. The molecule has 17 heavy (non-hydrogen) atoms. The third-order valence-electron chi connectivity index (χ3n) is 3.76. The molecule has 2 rings (SSSR count). The fourth-order valence-electron chi connectivity index (χ4n) is 2.94. The molecule has 2 fully saturated rings. The van der Waals surface area contributed by atoms with E-state index in [1.54, 1.807) is 0 Å². The van der Waals surface area contributed by atoms with E-state index in [2.05, 4.69) is 5.32 Å². The second-order valence-electron chi connectivity index (χ2n) is 4.84. The standard InChI is InChI=1S/C12H19FN2O2/c13-6-7-15-10(16)8-14-12(17)11(15)9-4-2-1-3-5-9/h9,11H,1-8H2,(H,14,17). The summed E-state index contributed by atoms with van der Waals surface area (Å²) in [6, 6.07) is -0.438. The molecule has 0 aromatic carbocycles. The highest BCUT2D eigenvalue weighted by Gasteiger charge is 2.39. The van der Waals surface area contributed by atoms with Gasteiger partial charge in [0.2, 0.25) is 11.8 Å². The number of hydrogen-bond acceptors (Lipinski definition) is 2. The van der Waals surface area contributed by atoms with Crippen LogP contribution in [0.4, 0.5) is 4.39 Å². The number of rotatable bonds is 3. The van der Waals surface area contributed by atoms with Crippen LogP contribution in [-0.2, 0) is 9.59 Å². The van der Waals surface area contributed by atoms with Crippen molar-refractivity contribution in [1.29, 1.82) is 0 Å². The first kappa shape index (κ1) is 12.3. The van der Waals surface area contributed by atoms with Gasteiger partial charge in [0.1, 0.15) is 12.7 Å². The summed E-state index contributed by atoms with van der Waals surface area (Å²) in [4.78, 5) is 25.1. The van der Waals surface area contributed by atoms with Crippen LogP contribution in [0.1, 0.15) is 32.1 Å². The lowest BCUT2D eigenvalue weighted by atomic mass is 9.82. The van der Waals surface area contributed by atoms with E-state index >= 15 is 0 Å². The number of hydrogen-bond donors (Lipinski definition) is 1. The molecule has 1 saturated heterocycles. The predicted octanol–water partition coefficient (Wildman–Crippen LogP) is 0.863. The minimum atomic E-state index is -0.581. The van der Waals surface area contributed by atoms with E-state index in [1.165, 1.54) is 11.3 Å². The van der Waals surface area contributed by atoms with E-state index in [9.17, 15) is 14.0 Å². The monoisotopic (exact) mass is 242 g/mol. The van der Waals surface area contributed by atoms with Crippen molar-refractivity contribution in [2.75, 3.05) is 19.8 Å². The predicted molar refractivity (Wildman–Crippen MR) is 61.1 cm³/mol. The summed E-state index contributed by atoms with van der Waals surface area (Å²) < 4.78 is 12.5. The number of amides is 2. The quantitative estimate of drug-likeness (QED) is 0.798. The Kier molecular flexibility index (Phi) is 3.97. The van der Waals surface area contributed by atoms with Gasteiger partial charge in [-0.2, -0.15) is 0 Å². The van der Waals surface area contributed by atoms with Gasteiger partial charge in [0, 0.05) is 6.54 Å². The molecule has 1 aliphatic heterocycles. The van der Waals surface area contributed by atoms with Gasteiger partial charge in [-0.1, -0.05) is 19.3 Å². The van der Waals surface area contributed by atoms with Crippen molar-refractivity contribution in [1.82, 2.24) is 10.2 Å². The van der Waals surface area contributed by atoms with Crippen LogP contribution >= 0.6 is 0 Å². The van der Waals surface area contributed by atoms with E-state index < -0.39 is 12.7 Å². The van der Waals surface area contributed by atoms with Crippen LogP contribution in [0, 0.1) is 5.92 Å². The highest BCUT2D eigenvalue weighted by molar-refractivity contribution is 5.95. The number of alkyl halides is 1. The summed E-state index contributed by atoms with van der Waals surface area (Å²) in [7, 11) is 0. The molecule has 2 amide bonds. The third kappa shape index (κ3) is 2.58. The van der Waals surface area contributed by atoms with Crippen molar-refractivity contribution >= 4 is 11.8 Å². The summed E-state index contributed by atoms with van der Waals surface area (Å²) >= 11 is 0. The molecule has 0 aromatic heterocycles. The van der Waals surface area contributed by atoms with Crippen LogP contribution in [0.15, 0.2) is 0 Å². The molecule has 4 nitrogen and oxygen atoms in total. The minimum Gasteiger partial charge on any atom is -0.345 e. The maximum atomic E-state index is 12.5. The molecule has 96 valence electrons. The number of nitrogens with one attached hydrogen (secondary N) is 1. The summed E-state index contributed by atoms with van der Waals surface area (Å²) in [5.74, 6) is -0.0534. The largest absolute Gasteiger partial charge is 0.345 e. The van der Waals surface area contributed by atoms with Crippen LogP contribution in [0.3, 0.4) is 0 Å². The molecule has 5 heteroatoms. The maximum Gasteiger partial charge on any atom is 0.243 e. The summed E-state index contributed by atoms with van der Waals surface area (Å²) in [5, 5.41) is 2.61. The van der Waals surface area contributed by atoms with E-state index in [-0.39, 0.29) is 30.8 Å². The first-order chi connectivity index (χ1) is 8.24. The second-order valence-corrected chi connectivity index (χ2v) is 4.84. The molecule has 1 saturated carbocycles. The molecule has 1 unspecified atom stereocenters. The van der Waals surface area contributed by atoms with E-state index in [1.807, 2.05) is 0 Å². The first-order valence-electron chi connectivity index (χ1n) is 6.37. The molecular formula is C12H19FN2O2. The summed E-state index contributed by atoms with van der Waals surface area (Å²) in [6.07, 6.45) is 5.34. The highest BCUT2D eigenvalue weighted by atomic mass is 19.1. The van der Waals surface area contributed by atoms with Crippen LogP contribution in [0.25, 0.3) is 0 Å². The van der Waals surface area contributed by atoms with Crippen molar-refractivity contribution in [3.05, 3.63) is 0 Å². The van der Waals surface area contributed by atoms with Crippen molar-refractivity contribution < 1.29 is 14.0 Å². The van der Waals surface area contributed by atoms with Gasteiger partial charge in [-0.25, -0.2) is 4.39 Å². The highest BCUT2D eigenvalue weighted by Crippen LogP contribution is 2.30. The molecule has 0 spiro atoms.